The fourth-order valence-corrected chi connectivity index (χ4v) is 2.90. The lowest BCUT2D eigenvalue weighted by molar-refractivity contribution is 0.0685. The summed E-state index contributed by atoms with van der Waals surface area (Å²) in [7, 11) is -3.58. The van der Waals surface area contributed by atoms with Gasteiger partial charge in [-0.1, -0.05) is 0 Å². The maximum absolute atomic E-state index is 11.9. The van der Waals surface area contributed by atoms with E-state index in [4.69, 9.17) is 5.11 Å². The Labute approximate surface area is 99.3 Å². The van der Waals surface area contributed by atoms with E-state index in [2.05, 4.69) is 4.72 Å². The monoisotopic (exact) mass is 258 g/mol. The maximum Gasteiger partial charge on any atom is 0.352 e. The SMILES string of the molecule is CCn1cc(S(=O)(=O)NC2CC2)cc1C(=O)O. The Hall–Kier alpha value is -1.34. The maximum atomic E-state index is 11.9. The van der Waals surface area contributed by atoms with Crippen molar-refractivity contribution in [3.05, 3.63) is 18.0 Å². The van der Waals surface area contributed by atoms with Crippen LogP contribution in [-0.2, 0) is 16.6 Å². The first-order valence-corrected chi connectivity index (χ1v) is 6.88. The molecule has 7 heteroatoms. The summed E-state index contributed by atoms with van der Waals surface area (Å²) in [6.45, 7) is 2.18. The molecule has 6 nitrogen and oxygen atoms in total. The molecule has 0 bridgehead atoms. The normalized spacial score (nSPS) is 16.1. The number of aromatic carboxylic acids is 1. The van der Waals surface area contributed by atoms with Crippen LogP contribution in [0.15, 0.2) is 17.2 Å². The molecule has 17 heavy (non-hydrogen) atoms. The molecule has 2 rings (SSSR count). The zero-order valence-corrected chi connectivity index (χ0v) is 10.2. The van der Waals surface area contributed by atoms with Crippen LogP contribution in [0.4, 0.5) is 0 Å². The number of carbonyl (C=O) groups is 1. The van der Waals surface area contributed by atoms with Gasteiger partial charge in [0.15, 0.2) is 0 Å². The molecule has 1 saturated carbocycles. The predicted molar refractivity (Wildman–Crippen MR) is 60.4 cm³/mol. The van der Waals surface area contributed by atoms with Crippen molar-refractivity contribution in [2.75, 3.05) is 0 Å². The summed E-state index contributed by atoms with van der Waals surface area (Å²) in [6.07, 6.45) is 3.05. The van der Waals surface area contributed by atoms with Crippen LogP contribution < -0.4 is 4.72 Å². The van der Waals surface area contributed by atoms with Crippen molar-refractivity contribution in [3.63, 3.8) is 0 Å². The molecule has 0 amide bonds. The van der Waals surface area contributed by atoms with E-state index >= 15 is 0 Å². The second-order valence-electron chi connectivity index (χ2n) is 4.05. The van der Waals surface area contributed by atoms with Crippen molar-refractivity contribution in [1.82, 2.24) is 9.29 Å². The van der Waals surface area contributed by atoms with Gasteiger partial charge >= 0.3 is 5.97 Å². The lowest BCUT2D eigenvalue weighted by atomic mass is 10.4. The zero-order valence-electron chi connectivity index (χ0n) is 9.38. The highest BCUT2D eigenvalue weighted by atomic mass is 32.2. The molecule has 1 heterocycles. The summed E-state index contributed by atoms with van der Waals surface area (Å²) in [5.41, 5.74) is -0.0105. The van der Waals surface area contributed by atoms with Gasteiger partial charge < -0.3 is 9.67 Å². The predicted octanol–water partition coefficient (Wildman–Crippen LogP) is 0.647. The molecule has 1 aromatic rings. The van der Waals surface area contributed by atoms with Crippen LogP contribution in [0.25, 0.3) is 0 Å². The highest BCUT2D eigenvalue weighted by Crippen LogP contribution is 2.23. The van der Waals surface area contributed by atoms with E-state index in [0.717, 1.165) is 12.8 Å². The molecule has 0 radical (unpaired) electrons. The van der Waals surface area contributed by atoms with E-state index in [1.165, 1.54) is 16.8 Å². The first-order valence-electron chi connectivity index (χ1n) is 5.40. The molecule has 1 aliphatic rings. The number of carboxylic acid groups (broad SMARTS) is 1. The number of rotatable bonds is 5. The summed E-state index contributed by atoms with van der Waals surface area (Å²) in [5, 5.41) is 8.93. The van der Waals surface area contributed by atoms with Crippen molar-refractivity contribution in [2.24, 2.45) is 0 Å². The van der Waals surface area contributed by atoms with E-state index < -0.39 is 16.0 Å². The molecule has 0 aromatic carbocycles. The van der Waals surface area contributed by atoms with Crippen LogP contribution in [0.3, 0.4) is 0 Å². The Balaban J connectivity index is 2.35. The topological polar surface area (TPSA) is 88.4 Å². The summed E-state index contributed by atoms with van der Waals surface area (Å²) < 4.78 is 27.7. The molecule has 0 saturated heterocycles. The number of nitrogens with zero attached hydrogens (tertiary/aromatic N) is 1. The average Bonchev–Trinajstić information content (AvgIpc) is 2.93. The third kappa shape index (κ3) is 2.50. The van der Waals surface area contributed by atoms with Crippen molar-refractivity contribution in [2.45, 2.75) is 37.2 Å². The van der Waals surface area contributed by atoms with E-state index in [9.17, 15) is 13.2 Å². The molecular formula is C10H14N2O4S. The van der Waals surface area contributed by atoms with Gasteiger partial charge in [0.1, 0.15) is 10.6 Å². The van der Waals surface area contributed by atoms with E-state index in [-0.39, 0.29) is 16.6 Å². The number of carboxylic acids is 1. The summed E-state index contributed by atoms with van der Waals surface area (Å²) >= 11 is 0. The van der Waals surface area contributed by atoms with Crippen LogP contribution in [0, 0.1) is 0 Å². The molecule has 1 fully saturated rings. The van der Waals surface area contributed by atoms with Gasteiger partial charge in [0.2, 0.25) is 10.0 Å². The van der Waals surface area contributed by atoms with Crippen molar-refractivity contribution in [1.29, 1.82) is 0 Å². The fourth-order valence-electron chi connectivity index (χ4n) is 1.56. The number of sulfonamides is 1. The molecule has 0 aliphatic heterocycles. The van der Waals surface area contributed by atoms with Gasteiger partial charge in [-0.3, -0.25) is 0 Å². The standard InChI is InChI=1S/C10H14N2O4S/c1-2-12-6-8(5-9(12)10(13)14)17(15,16)11-7-3-4-7/h5-7,11H,2-4H2,1H3,(H,13,14). The van der Waals surface area contributed by atoms with E-state index in [1.807, 2.05) is 0 Å². The molecule has 2 N–H and O–H groups in total. The Morgan fingerprint density at radius 1 is 1.59 bits per heavy atom. The van der Waals surface area contributed by atoms with Crippen LogP contribution in [0.2, 0.25) is 0 Å². The molecule has 0 atom stereocenters. The number of nitrogens with one attached hydrogen (secondary N) is 1. The van der Waals surface area contributed by atoms with Gasteiger partial charge in [0.05, 0.1) is 0 Å². The number of aryl methyl sites for hydroxylation is 1. The van der Waals surface area contributed by atoms with Gasteiger partial charge in [-0.15, -0.1) is 0 Å². The Kier molecular flexibility index (Phi) is 2.96. The molecule has 0 spiro atoms. The number of hydrogen-bond donors (Lipinski definition) is 2. The summed E-state index contributed by atoms with van der Waals surface area (Å²) in [5.74, 6) is -1.13. The Morgan fingerprint density at radius 2 is 2.24 bits per heavy atom. The Bertz CT molecular complexity index is 543. The molecule has 94 valence electrons. The van der Waals surface area contributed by atoms with E-state index in [0.29, 0.717) is 6.54 Å². The molecule has 1 aromatic heterocycles. The van der Waals surface area contributed by atoms with Crippen molar-refractivity contribution < 1.29 is 18.3 Å². The zero-order chi connectivity index (χ0) is 12.6. The number of hydrogen-bond acceptors (Lipinski definition) is 3. The summed E-state index contributed by atoms with van der Waals surface area (Å²) in [4.78, 5) is 10.9. The van der Waals surface area contributed by atoms with Crippen molar-refractivity contribution >= 4 is 16.0 Å². The van der Waals surface area contributed by atoms with Crippen molar-refractivity contribution in [3.8, 4) is 0 Å². The lowest BCUT2D eigenvalue weighted by Crippen LogP contribution is -2.25. The second-order valence-corrected chi connectivity index (χ2v) is 5.76. The van der Waals surface area contributed by atoms with Gasteiger partial charge in [0, 0.05) is 18.8 Å². The minimum Gasteiger partial charge on any atom is -0.477 e. The lowest BCUT2D eigenvalue weighted by Gasteiger charge is -2.02. The second kappa shape index (κ2) is 4.15. The quantitative estimate of drug-likeness (QED) is 0.811. The summed E-state index contributed by atoms with van der Waals surface area (Å²) in [6, 6.07) is 1.20. The largest absolute Gasteiger partial charge is 0.477 e. The number of aromatic nitrogens is 1. The van der Waals surface area contributed by atoms with Crippen LogP contribution in [0.5, 0.6) is 0 Å². The third-order valence-electron chi connectivity index (χ3n) is 2.64. The highest BCUT2D eigenvalue weighted by Gasteiger charge is 2.29. The minimum atomic E-state index is -3.58. The third-order valence-corrected chi connectivity index (χ3v) is 4.13. The van der Waals surface area contributed by atoms with Gasteiger partial charge in [-0.05, 0) is 25.8 Å². The first kappa shape index (κ1) is 12.1. The minimum absolute atomic E-state index is 0.0105. The molecule has 1 aliphatic carbocycles. The van der Waals surface area contributed by atoms with Gasteiger partial charge in [-0.2, -0.15) is 0 Å². The average molecular weight is 258 g/mol. The highest BCUT2D eigenvalue weighted by molar-refractivity contribution is 7.89. The van der Waals surface area contributed by atoms with Crippen LogP contribution in [-0.4, -0.2) is 30.1 Å². The van der Waals surface area contributed by atoms with E-state index in [1.54, 1.807) is 6.92 Å². The first-order chi connectivity index (χ1) is 7.94. The molecule has 0 unspecified atom stereocenters. The van der Waals surface area contributed by atoms with Gasteiger partial charge in [0.25, 0.3) is 0 Å². The van der Waals surface area contributed by atoms with Gasteiger partial charge in [-0.25, -0.2) is 17.9 Å². The smallest absolute Gasteiger partial charge is 0.352 e. The van der Waals surface area contributed by atoms with Crippen LogP contribution in [0.1, 0.15) is 30.3 Å². The molecular weight excluding hydrogens is 244 g/mol. The van der Waals surface area contributed by atoms with Crippen LogP contribution >= 0.6 is 0 Å². The fraction of sp³-hybridized carbons (Fsp3) is 0.500. The Morgan fingerprint density at radius 3 is 2.65 bits per heavy atom.